The van der Waals surface area contributed by atoms with Crippen LogP contribution in [0.15, 0.2) is 18.2 Å². The van der Waals surface area contributed by atoms with Crippen molar-refractivity contribution in [1.29, 1.82) is 0 Å². The van der Waals surface area contributed by atoms with Gasteiger partial charge in [-0.05, 0) is 64.7 Å². The Morgan fingerprint density at radius 3 is 1.90 bits per heavy atom. The van der Waals surface area contributed by atoms with E-state index in [-0.39, 0.29) is 11.5 Å². The van der Waals surface area contributed by atoms with E-state index in [1.165, 1.54) is 9.80 Å². The molecule has 0 unspecified atom stereocenters. The minimum absolute atomic E-state index is 0.313. The molecule has 2 heterocycles. The number of carbonyl (C=O) groups is 5. The molecule has 2 aliphatic heterocycles. The van der Waals surface area contributed by atoms with Gasteiger partial charge in [0, 0.05) is 37.7 Å². The minimum Gasteiger partial charge on any atom is -0.481 e. The molecule has 234 valence electrons. The van der Waals surface area contributed by atoms with Crippen molar-refractivity contribution >= 4 is 29.8 Å². The molecule has 2 saturated heterocycles. The van der Waals surface area contributed by atoms with Crippen LogP contribution in [0.1, 0.15) is 62.4 Å². The third-order valence-electron chi connectivity index (χ3n) is 6.65. The summed E-state index contributed by atoms with van der Waals surface area (Å²) in [6.45, 7) is 6.05. The number of carbonyl (C=O) groups excluding carboxylic acids is 3. The monoisotopic (exact) mass is 605 g/mol. The number of likely N-dealkylation sites (tertiary alicyclic amines) is 2. The molecule has 3 amide bonds. The number of ketones is 1. The van der Waals surface area contributed by atoms with Gasteiger partial charge in [0.15, 0.2) is 5.78 Å². The van der Waals surface area contributed by atoms with E-state index < -0.39 is 65.5 Å². The van der Waals surface area contributed by atoms with E-state index in [0.717, 1.165) is 6.07 Å². The number of aliphatic carboxylic acids is 1. The molecule has 11 nitrogen and oxygen atoms in total. The van der Waals surface area contributed by atoms with Gasteiger partial charge in [0.25, 0.3) is 0 Å². The number of carboxylic acids is 1. The number of carboxylic acid groups (broad SMARTS) is 2. The maximum atomic E-state index is 13.3. The second kappa shape index (κ2) is 14.3. The Hall–Kier alpha value is -3.91. The van der Waals surface area contributed by atoms with Gasteiger partial charge in [-0.1, -0.05) is 0 Å². The topological polar surface area (TPSA) is 154 Å². The van der Waals surface area contributed by atoms with Crippen LogP contribution in [0.3, 0.4) is 0 Å². The number of hydrogen-bond donors (Lipinski definition) is 3. The number of alkyl halides is 3. The van der Waals surface area contributed by atoms with Gasteiger partial charge in [0.2, 0.25) is 5.91 Å². The van der Waals surface area contributed by atoms with Gasteiger partial charge in [-0.15, -0.1) is 0 Å². The molecule has 0 atom stereocenters. The SMILES string of the molecule is CC(C)(C)OC(=O)N1CCC(C(=O)NCC(=O)c2ccc(F)c(C(F)(F)F)c2)CC1.O=C(O)C1CCN(C(=O)O)CC1. The smallest absolute Gasteiger partial charge is 0.419 e. The maximum Gasteiger partial charge on any atom is 0.419 e. The van der Waals surface area contributed by atoms with Crippen LogP contribution in [0.2, 0.25) is 0 Å². The van der Waals surface area contributed by atoms with Crippen molar-refractivity contribution in [2.75, 3.05) is 32.7 Å². The molecule has 3 rings (SSSR count). The van der Waals surface area contributed by atoms with E-state index in [2.05, 4.69) is 5.32 Å². The zero-order valence-electron chi connectivity index (χ0n) is 23.5. The second-order valence-corrected chi connectivity index (χ2v) is 11.0. The highest BCUT2D eigenvalue weighted by Crippen LogP contribution is 2.32. The molecule has 1 aromatic rings. The summed E-state index contributed by atoms with van der Waals surface area (Å²) in [7, 11) is 0. The molecule has 15 heteroatoms. The Morgan fingerprint density at radius 2 is 1.43 bits per heavy atom. The molecule has 2 fully saturated rings. The summed E-state index contributed by atoms with van der Waals surface area (Å²) < 4.78 is 56.9. The highest BCUT2D eigenvalue weighted by atomic mass is 19.4. The summed E-state index contributed by atoms with van der Waals surface area (Å²) in [6.07, 6.45) is -4.75. The molecule has 0 aliphatic carbocycles. The number of halogens is 4. The zero-order chi connectivity index (χ0) is 31.8. The molecule has 0 spiro atoms. The van der Waals surface area contributed by atoms with Gasteiger partial charge in [-0.2, -0.15) is 13.2 Å². The van der Waals surface area contributed by atoms with Crippen molar-refractivity contribution in [2.45, 2.75) is 58.2 Å². The van der Waals surface area contributed by atoms with Crippen molar-refractivity contribution in [2.24, 2.45) is 11.8 Å². The fourth-order valence-electron chi connectivity index (χ4n) is 4.30. The molecule has 0 saturated carbocycles. The number of rotatable bonds is 5. The first-order valence-corrected chi connectivity index (χ1v) is 13.2. The maximum absolute atomic E-state index is 13.3. The van der Waals surface area contributed by atoms with Gasteiger partial charge in [0.1, 0.15) is 11.4 Å². The van der Waals surface area contributed by atoms with E-state index in [4.69, 9.17) is 14.9 Å². The number of piperidine rings is 2. The summed E-state index contributed by atoms with van der Waals surface area (Å²) in [5.74, 6) is -4.28. The van der Waals surface area contributed by atoms with Crippen molar-refractivity contribution in [1.82, 2.24) is 15.1 Å². The first kappa shape index (κ1) is 34.3. The normalized spacial score (nSPS) is 16.6. The molecule has 0 bridgehead atoms. The number of nitrogens with one attached hydrogen (secondary N) is 1. The molecule has 42 heavy (non-hydrogen) atoms. The van der Waals surface area contributed by atoms with Crippen molar-refractivity contribution in [3.05, 3.63) is 35.1 Å². The second-order valence-electron chi connectivity index (χ2n) is 11.0. The van der Waals surface area contributed by atoms with Gasteiger partial charge in [-0.25, -0.2) is 14.0 Å². The average molecular weight is 606 g/mol. The number of nitrogens with zero attached hydrogens (tertiary/aromatic N) is 2. The van der Waals surface area contributed by atoms with Crippen LogP contribution in [-0.4, -0.2) is 88.2 Å². The third kappa shape index (κ3) is 10.5. The fourth-order valence-corrected chi connectivity index (χ4v) is 4.30. The highest BCUT2D eigenvalue weighted by molar-refractivity contribution is 5.99. The van der Waals surface area contributed by atoms with Crippen molar-refractivity contribution in [3.63, 3.8) is 0 Å². The number of ether oxygens (including phenoxy) is 1. The first-order chi connectivity index (χ1) is 19.4. The summed E-state index contributed by atoms with van der Waals surface area (Å²) >= 11 is 0. The largest absolute Gasteiger partial charge is 0.481 e. The van der Waals surface area contributed by atoms with Crippen molar-refractivity contribution < 1.29 is 56.5 Å². The van der Waals surface area contributed by atoms with Crippen LogP contribution in [0.25, 0.3) is 0 Å². The van der Waals surface area contributed by atoms with Crippen LogP contribution in [-0.2, 0) is 20.5 Å². The van der Waals surface area contributed by atoms with Crippen LogP contribution in [0, 0.1) is 17.7 Å². The molecule has 3 N–H and O–H groups in total. The molecule has 0 aromatic heterocycles. The summed E-state index contributed by atoms with van der Waals surface area (Å²) in [6, 6.07) is 1.95. The Bertz CT molecular complexity index is 1130. The van der Waals surface area contributed by atoms with Crippen LogP contribution in [0.5, 0.6) is 0 Å². The Labute approximate surface area is 239 Å². The summed E-state index contributed by atoms with van der Waals surface area (Å²) in [5.41, 5.74) is -2.50. The summed E-state index contributed by atoms with van der Waals surface area (Å²) in [4.78, 5) is 60.1. The number of Topliss-reactive ketones (excluding diaryl/α,β-unsaturated/α-hetero) is 1. The predicted octanol–water partition coefficient (Wildman–Crippen LogP) is 4.25. The van der Waals surface area contributed by atoms with E-state index >= 15 is 0 Å². The van der Waals surface area contributed by atoms with Crippen LogP contribution < -0.4 is 5.32 Å². The Morgan fingerprint density at radius 1 is 0.905 bits per heavy atom. The quantitative estimate of drug-likeness (QED) is 0.333. The predicted molar refractivity (Wildman–Crippen MR) is 139 cm³/mol. The zero-order valence-corrected chi connectivity index (χ0v) is 23.5. The third-order valence-corrected chi connectivity index (χ3v) is 6.65. The number of amides is 3. The Balaban J connectivity index is 0.000000428. The lowest BCUT2D eigenvalue weighted by molar-refractivity contribution is -0.143. The van der Waals surface area contributed by atoms with Crippen molar-refractivity contribution in [3.8, 4) is 0 Å². The highest BCUT2D eigenvalue weighted by Gasteiger charge is 2.35. The lowest BCUT2D eigenvalue weighted by Crippen LogP contribution is -2.45. The standard InChI is InChI=1S/C20H24F4N2O4.C7H11NO4/c1-19(2,3)30-18(29)26-8-6-12(7-9-26)17(28)25-11-16(27)13-4-5-15(21)14(10-13)20(22,23)24;9-6(10)5-1-3-8(4-2-5)7(11)12/h4-5,10,12H,6-9,11H2,1-3H3,(H,25,28);5H,1-4H2,(H,9,10)(H,11,12). The van der Waals surface area contributed by atoms with E-state index in [0.29, 0.717) is 64.0 Å². The molecular formula is C27H35F4N3O8. The molecule has 1 aromatic carbocycles. The number of hydrogen-bond acceptors (Lipinski definition) is 6. The van der Waals surface area contributed by atoms with Crippen LogP contribution >= 0.6 is 0 Å². The van der Waals surface area contributed by atoms with Gasteiger partial charge in [0.05, 0.1) is 18.0 Å². The first-order valence-electron chi connectivity index (χ1n) is 13.2. The molecule has 2 aliphatic rings. The van der Waals surface area contributed by atoms with E-state index in [1.54, 1.807) is 20.8 Å². The van der Waals surface area contributed by atoms with Gasteiger partial charge < -0.3 is 30.1 Å². The van der Waals surface area contributed by atoms with Gasteiger partial charge in [-0.3, -0.25) is 14.4 Å². The van der Waals surface area contributed by atoms with E-state index in [9.17, 15) is 41.5 Å². The van der Waals surface area contributed by atoms with E-state index in [1.807, 2.05) is 0 Å². The minimum atomic E-state index is -4.92. The fraction of sp³-hybridized carbons (Fsp3) is 0.593. The van der Waals surface area contributed by atoms with Crippen LogP contribution in [0.4, 0.5) is 27.2 Å². The molecular weight excluding hydrogens is 570 g/mol. The number of benzene rings is 1. The summed E-state index contributed by atoms with van der Waals surface area (Å²) in [5, 5.41) is 19.5. The lowest BCUT2D eigenvalue weighted by atomic mass is 9.96. The lowest BCUT2D eigenvalue weighted by Gasteiger charge is -2.32. The molecule has 0 radical (unpaired) electrons. The Kier molecular flexibility index (Phi) is 11.7. The average Bonchev–Trinajstić information content (AvgIpc) is 2.90. The van der Waals surface area contributed by atoms with Gasteiger partial charge >= 0.3 is 24.3 Å².